The van der Waals surface area contributed by atoms with Gasteiger partial charge in [0.2, 0.25) is 41.4 Å². The van der Waals surface area contributed by atoms with E-state index in [4.69, 9.17) is 21.7 Å². The van der Waals surface area contributed by atoms with E-state index in [1.165, 1.54) is 53.3 Å². The van der Waals surface area contributed by atoms with Crippen molar-refractivity contribution in [2.24, 2.45) is 5.73 Å². The maximum absolute atomic E-state index is 13.4. The molecule has 10 unspecified atom stereocenters. The number of carbonyl (C=O) groups excluding carboxylic acids is 7. The van der Waals surface area contributed by atoms with E-state index in [2.05, 4.69) is 37.2 Å². The molecule has 0 aromatic rings. The largest absolute Gasteiger partial charge is 0.480 e. The van der Waals surface area contributed by atoms with Crippen molar-refractivity contribution < 1.29 is 53.4 Å². The number of carbonyl (C=O) groups is 9. The minimum Gasteiger partial charge on any atom is -0.480 e. The van der Waals surface area contributed by atoms with Gasteiger partial charge in [0.1, 0.15) is 42.3 Å². The zero-order chi connectivity index (χ0) is 40.7. The predicted octanol–water partition coefficient (Wildman–Crippen LogP) is -4.53. The van der Waals surface area contributed by atoms with Crippen molar-refractivity contribution in [3.8, 4) is 0 Å². The summed E-state index contributed by atoms with van der Waals surface area (Å²) < 4.78 is 0. The number of carboxylic acids is 2. The zero-order valence-corrected chi connectivity index (χ0v) is 31.6. The average molecular weight is 774 g/mol. The van der Waals surface area contributed by atoms with Gasteiger partial charge in [-0.1, -0.05) is 0 Å². The SMILES string of the molecule is CC([NH])C(=O)NC(C)C(=O)NC(CSC1CCN(C(C)C(=O)NC(C)C(=O)NC(C)C(=O)O)C1)C(=O)NC(C)C(=O)NC(C)C(=O)NC(CN)C(=O)O. The fourth-order valence-electron chi connectivity index (χ4n) is 4.62. The highest BCUT2D eigenvalue weighted by molar-refractivity contribution is 8.00. The molecule has 1 fully saturated rings. The van der Waals surface area contributed by atoms with E-state index in [-0.39, 0.29) is 17.5 Å². The van der Waals surface area contributed by atoms with Crippen LogP contribution in [0.5, 0.6) is 0 Å². The van der Waals surface area contributed by atoms with Gasteiger partial charge >= 0.3 is 11.9 Å². The van der Waals surface area contributed by atoms with E-state index < -0.39 is 108 Å². The van der Waals surface area contributed by atoms with Crippen LogP contribution in [0, 0.1) is 0 Å². The summed E-state index contributed by atoms with van der Waals surface area (Å²) in [6.45, 7) is 10.2. The van der Waals surface area contributed by atoms with Crippen LogP contribution in [0.1, 0.15) is 54.9 Å². The summed E-state index contributed by atoms with van der Waals surface area (Å²) in [5.74, 6) is -7.50. The van der Waals surface area contributed by atoms with Gasteiger partial charge in [0.05, 0.1) is 12.1 Å². The number of nitrogens with two attached hydrogens (primary N) is 1. The standard InChI is InChI=1S/C31H53N10O11S/c1-13(33)23(42)34-16(4)27(46)40-22(29(48)37-15(3)24(43)35-17(5)26(45)39-21(10-32)31(51)52)12-53-20-8-9-41(11-20)19(7)28(47)36-14(2)25(44)38-18(6)30(49)50/h13-22,33H,8-12,32H2,1-7H3,(H,34,42)(H,35,43)(H,36,47)(H,37,48)(H,38,44)(H,39,45)(H,40,46)(H,49,50)(H,51,52). The van der Waals surface area contributed by atoms with E-state index in [1.54, 1.807) is 6.92 Å². The van der Waals surface area contributed by atoms with E-state index in [0.717, 1.165) is 0 Å². The molecule has 7 amide bonds. The number of nitrogens with zero attached hydrogens (tertiary/aromatic N) is 1. The molecule has 1 radical (unpaired) electrons. The molecule has 21 nitrogen and oxygen atoms in total. The normalized spacial score (nSPS) is 19.3. The molecule has 1 aliphatic heterocycles. The van der Waals surface area contributed by atoms with E-state index >= 15 is 0 Å². The Labute approximate surface area is 311 Å². The van der Waals surface area contributed by atoms with Gasteiger partial charge in [-0.25, -0.2) is 10.5 Å². The molecule has 1 heterocycles. The fraction of sp³-hybridized carbons (Fsp3) is 0.710. The first-order chi connectivity index (χ1) is 24.6. The quantitative estimate of drug-likeness (QED) is 0.0526. The molecule has 0 saturated carbocycles. The Morgan fingerprint density at radius 3 is 1.49 bits per heavy atom. The predicted molar refractivity (Wildman–Crippen MR) is 191 cm³/mol. The highest BCUT2D eigenvalue weighted by Crippen LogP contribution is 2.25. The summed E-state index contributed by atoms with van der Waals surface area (Å²) in [4.78, 5) is 113. The third kappa shape index (κ3) is 15.5. The molecular weight excluding hydrogens is 720 g/mol. The molecule has 0 aromatic carbocycles. The van der Waals surface area contributed by atoms with Crippen molar-refractivity contribution in [1.82, 2.24) is 47.9 Å². The fourth-order valence-corrected chi connectivity index (χ4v) is 5.89. The van der Waals surface area contributed by atoms with Gasteiger partial charge < -0.3 is 53.2 Å². The van der Waals surface area contributed by atoms with Crippen LogP contribution >= 0.6 is 11.8 Å². The van der Waals surface area contributed by atoms with Crippen LogP contribution in [-0.4, -0.2) is 153 Å². The van der Waals surface area contributed by atoms with E-state index in [9.17, 15) is 43.2 Å². The Bertz CT molecular complexity index is 1370. The Hall–Kier alpha value is -4.54. The van der Waals surface area contributed by atoms with E-state index in [0.29, 0.717) is 19.5 Å². The summed E-state index contributed by atoms with van der Waals surface area (Å²) in [6, 6.07) is -10.1. The molecular formula is C31H53N10O11S. The summed E-state index contributed by atoms with van der Waals surface area (Å²) >= 11 is 1.32. The van der Waals surface area contributed by atoms with Crippen LogP contribution in [0.2, 0.25) is 0 Å². The van der Waals surface area contributed by atoms with Crippen LogP contribution in [0.4, 0.5) is 0 Å². The molecule has 10 atom stereocenters. The Morgan fingerprint density at radius 2 is 1.04 bits per heavy atom. The third-order valence-corrected chi connectivity index (χ3v) is 9.60. The number of amides is 7. The van der Waals surface area contributed by atoms with Crippen LogP contribution in [0.15, 0.2) is 0 Å². The summed E-state index contributed by atoms with van der Waals surface area (Å²) in [7, 11) is 0. The Morgan fingerprint density at radius 1 is 0.623 bits per heavy atom. The molecule has 22 heteroatoms. The minimum absolute atomic E-state index is 0.00789. The van der Waals surface area contributed by atoms with Gasteiger partial charge in [-0.2, -0.15) is 11.8 Å². The number of hydrogen-bond acceptors (Lipinski definition) is 12. The van der Waals surface area contributed by atoms with Crippen LogP contribution in [0.25, 0.3) is 0 Å². The molecule has 0 aliphatic carbocycles. The summed E-state index contributed by atoms with van der Waals surface area (Å²) in [6.07, 6.45) is 0.593. The Balaban J connectivity index is 2.93. The number of nitrogens with one attached hydrogen (secondary N) is 8. The molecule has 1 saturated heterocycles. The van der Waals surface area contributed by atoms with Crippen molar-refractivity contribution >= 4 is 65.1 Å². The molecule has 53 heavy (non-hydrogen) atoms. The number of thioether (sulfide) groups is 1. The van der Waals surface area contributed by atoms with Crippen molar-refractivity contribution in [3.05, 3.63) is 0 Å². The third-order valence-electron chi connectivity index (χ3n) is 8.22. The number of rotatable bonds is 21. The first-order valence-corrected chi connectivity index (χ1v) is 18.0. The van der Waals surface area contributed by atoms with Gasteiger partial charge in [-0.15, -0.1) is 0 Å². The lowest BCUT2D eigenvalue weighted by Gasteiger charge is -2.26. The average Bonchev–Trinajstić information content (AvgIpc) is 3.56. The monoisotopic (exact) mass is 773 g/mol. The van der Waals surface area contributed by atoms with Crippen molar-refractivity contribution in [1.29, 1.82) is 0 Å². The molecule has 0 aromatic heterocycles. The van der Waals surface area contributed by atoms with Gasteiger partial charge in [0.15, 0.2) is 0 Å². The molecule has 299 valence electrons. The van der Waals surface area contributed by atoms with Crippen molar-refractivity contribution in [3.63, 3.8) is 0 Å². The first kappa shape index (κ1) is 46.5. The second-order valence-corrected chi connectivity index (χ2v) is 14.2. The molecule has 1 aliphatic rings. The second kappa shape index (κ2) is 21.9. The second-order valence-electron chi connectivity index (χ2n) is 12.8. The summed E-state index contributed by atoms with van der Waals surface area (Å²) in [5, 5.41) is 34.9. The van der Waals surface area contributed by atoms with Crippen LogP contribution in [-0.2, 0) is 43.2 Å². The molecule has 1 rings (SSSR count). The Kier molecular flexibility index (Phi) is 19.2. The first-order valence-electron chi connectivity index (χ1n) is 16.9. The highest BCUT2D eigenvalue weighted by atomic mass is 32.2. The minimum atomic E-state index is -1.37. The number of likely N-dealkylation sites (tertiary alicyclic amines) is 1. The maximum atomic E-state index is 13.4. The molecule has 12 N–H and O–H groups in total. The van der Waals surface area contributed by atoms with Gasteiger partial charge in [0, 0.05) is 30.6 Å². The lowest BCUT2D eigenvalue weighted by molar-refractivity contribution is -0.142. The lowest BCUT2D eigenvalue weighted by atomic mass is 10.2. The van der Waals surface area contributed by atoms with Gasteiger partial charge in [-0.05, 0) is 54.9 Å². The zero-order valence-electron chi connectivity index (χ0n) is 30.8. The molecule has 0 spiro atoms. The topological polar surface area (TPSA) is 331 Å². The van der Waals surface area contributed by atoms with Crippen LogP contribution < -0.4 is 48.7 Å². The highest BCUT2D eigenvalue weighted by Gasteiger charge is 2.34. The van der Waals surface area contributed by atoms with Crippen molar-refractivity contribution in [2.75, 3.05) is 25.4 Å². The van der Waals surface area contributed by atoms with Gasteiger partial charge in [0.25, 0.3) is 0 Å². The van der Waals surface area contributed by atoms with Gasteiger partial charge in [-0.3, -0.25) is 43.3 Å². The number of hydrogen-bond donors (Lipinski definition) is 10. The number of carboxylic acid groups (broad SMARTS) is 2. The maximum Gasteiger partial charge on any atom is 0.327 e. The lowest BCUT2D eigenvalue weighted by Crippen LogP contribution is -2.58. The molecule has 0 bridgehead atoms. The smallest absolute Gasteiger partial charge is 0.327 e. The number of aliphatic carboxylic acids is 2. The van der Waals surface area contributed by atoms with Crippen molar-refractivity contribution in [2.45, 2.75) is 115 Å². The van der Waals surface area contributed by atoms with E-state index in [1.807, 2.05) is 4.90 Å². The van der Waals surface area contributed by atoms with Crippen LogP contribution in [0.3, 0.4) is 0 Å². The summed E-state index contributed by atoms with van der Waals surface area (Å²) in [5.41, 5.74) is 12.9.